The van der Waals surface area contributed by atoms with Crippen molar-refractivity contribution in [3.63, 3.8) is 0 Å². The molecule has 2 aromatic heterocycles. The van der Waals surface area contributed by atoms with Crippen molar-refractivity contribution < 1.29 is 0 Å². The Kier molecular flexibility index (Phi) is 3.76. The van der Waals surface area contributed by atoms with E-state index >= 15 is 0 Å². The molecule has 0 radical (unpaired) electrons. The number of aromatic nitrogens is 4. The van der Waals surface area contributed by atoms with Gasteiger partial charge in [-0.2, -0.15) is 0 Å². The Bertz CT molecular complexity index is 518. The van der Waals surface area contributed by atoms with Gasteiger partial charge in [0.2, 0.25) is 0 Å². The number of nitrogen functional groups attached to an aromatic ring is 1. The SMILES string of the molecule is CC(N)CCCC(C)c1nc2ncnc(N)c2[nH]1. The van der Waals surface area contributed by atoms with Gasteiger partial charge in [0, 0.05) is 12.0 Å². The molecule has 6 nitrogen and oxygen atoms in total. The van der Waals surface area contributed by atoms with E-state index in [1.165, 1.54) is 6.33 Å². The molecule has 0 bridgehead atoms. The van der Waals surface area contributed by atoms with Crippen LogP contribution in [-0.4, -0.2) is 26.0 Å². The molecule has 0 aliphatic heterocycles. The predicted octanol–water partition coefficient (Wildman–Crippen LogP) is 1.56. The second-order valence-electron chi connectivity index (χ2n) is 4.89. The number of hydrogen-bond acceptors (Lipinski definition) is 5. The summed E-state index contributed by atoms with van der Waals surface area (Å²) in [7, 11) is 0. The van der Waals surface area contributed by atoms with Gasteiger partial charge in [0.05, 0.1) is 0 Å². The van der Waals surface area contributed by atoms with Crippen molar-refractivity contribution in [3.8, 4) is 0 Å². The lowest BCUT2D eigenvalue weighted by Crippen LogP contribution is -2.14. The third kappa shape index (κ3) is 2.76. The largest absolute Gasteiger partial charge is 0.382 e. The highest BCUT2D eigenvalue weighted by Gasteiger charge is 2.13. The predicted molar refractivity (Wildman–Crippen MR) is 72.0 cm³/mol. The zero-order valence-corrected chi connectivity index (χ0v) is 10.8. The van der Waals surface area contributed by atoms with E-state index in [-0.39, 0.29) is 6.04 Å². The maximum atomic E-state index is 5.77. The van der Waals surface area contributed by atoms with Gasteiger partial charge in [-0.15, -0.1) is 0 Å². The fraction of sp³-hybridized carbons (Fsp3) is 0.583. The Hall–Kier alpha value is -1.69. The molecule has 6 heteroatoms. The lowest BCUT2D eigenvalue weighted by Gasteiger charge is -2.09. The van der Waals surface area contributed by atoms with Crippen LogP contribution in [0.15, 0.2) is 6.33 Å². The second-order valence-corrected chi connectivity index (χ2v) is 4.89. The molecule has 2 unspecified atom stereocenters. The number of imidazole rings is 1. The number of hydrogen-bond donors (Lipinski definition) is 3. The van der Waals surface area contributed by atoms with Gasteiger partial charge in [-0.3, -0.25) is 0 Å². The van der Waals surface area contributed by atoms with Gasteiger partial charge < -0.3 is 16.5 Å². The highest BCUT2D eigenvalue weighted by molar-refractivity contribution is 5.81. The molecule has 0 aromatic carbocycles. The summed E-state index contributed by atoms with van der Waals surface area (Å²) in [6, 6.07) is 0.259. The Morgan fingerprint density at radius 1 is 1.28 bits per heavy atom. The Morgan fingerprint density at radius 3 is 2.72 bits per heavy atom. The van der Waals surface area contributed by atoms with Crippen molar-refractivity contribution in [1.29, 1.82) is 0 Å². The zero-order chi connectivity index (χ0) is 13.1. The molecular weight excluding hydrogens is 228 g/mol. The topological polar surface area (TPSA) is 106 Å². The van der Waals surface area contributed by atoms with Gasteiger partial charge in [0.1, 0.15) is 17.7 Å². The van der Waals surface area contributed by atoms with E-state index in [1.54, 1.807) is 0 Å². The summed E-state index contributed by atoms with van der Waals surface area (Å²) in [5.74, 6) is 1.71. The average molecular weight is 248 g/mol. The van der Waals surface area contributed by atoms with Crippen molar-refractivity contribution >= 4 is 17.0 Å². The van der Waals surface area contributed by atoms with Crippen LogP contribution in [0.25, 0.3) is 11.2 Å². The maximum Gasteiger partial charge on any atom is 0.183 e. The first-order chi connectivity index (χ1) is 8.58. The zero-order valence-electron chi connectivity index (χ0n) is 10.8. The van der Waals surface area contributed by atoms with Crippen molar-refractivity contribution in [2.45, 2.75) is 45.1 Å². The van der Waals surface area contributed by atoms with Crippen LogP contribution in [0.1, 0.15) is 44.9 Å². The number of H-pyrrole nitrogens is 1. The molecule has 18 heavy (non-hydrogen) atoms. The standard InChI is InChI=1S/C12H20N6/c1-7(4-3-5-8(2)13)11-17-9-10(14)15-6-16-12(9)18-11/h6-8H,3-5,13H2,1-2H3,(H3,14,15,16,17,18). The van der Waals surface area contributed by atoms with Crippen LogP contribution in [0.3, 0.4) is 0 Å². The Morgan fingerprint density at radius 2 is 2.06 bits per heavy atom. The van der Waals surface area contributed by atoms with Gasteiger partial charge in [-0.1, -0.05) is 13.3 Å². The highest BCUT2D eigenvalue weighted by Crippen LogP contribution is 2.22. The molecule has 0 saturated heterocycles. The molecular formula is C12H20N6. The first kappa shape index (κ1) is 12.8. The van der Waals surface area contributed by atoms with Gasteiger partial charge in [0.25, 0.3) is 0 Å². The number of rotatable bonds is 5. The van der Waals surface area contributed by atoms with Crippen LogP contribution in [0, 0.1) is 0 Å². The number of nitrogens with one attached hydrogen (secondary N) is 1. The molecule has 98 valence electrons. The van der Waals surface area contributed by atoms with Gasteiger partial charge in [-0.05, 0) is 19.8 Å². The number of fused-ring (bicyclic) bond motifs is 1. The number of nitrogens with two attached hydrogens (primary N) is 2. The first-order valence-corrected chi connectivity index (χ1v) is 6.29. The quantitative estimate of drug-likeness (QED) is 0.744. The number of anilines is 1. The molecule has 2 heterocycles. The van der Waals surface area contributed by atoms with E-state index in [2.05, 4.69) is 26.9 Å². The summed E-state index contributed by atoms with van der Waals surface area (Å²) in [6.07, 6.45) is 4.61. The summed E-state index contributed by atoms with van der Waals surface area (Å²) in [5, 5.41) is 0. The molecule has 0 amide bonds. The van der Waals surface area contributed by atoms with Crippen LogP contribution in [0.2, 0.25) is 0 Å². The van der Waals surface area contributed by atoms with Gasteiger partial charge >= 0.3 is 0 Å². The third-order valence-electron chi connectivity index (χ3n) is 3.10. The smallest absolute Gasteiger partial charge is 0.183 e. The summed E-state index contributed by atoms with van der Waals surface area (Å²) in [5.41, 5.74) is 12.9. The van der Waals surface area contributed by atoms with Gasteiger partial charge in [0.15, 0.2) is 11.5 Å². The lowest BCUT2D eigenvalue weighted by atomic mass is 10.0. The lowest BCUT2D eigenvalue weighted by molar-refractivity contribution is 0.546. The molecule has 0 saturated carbocycles. The van der Waals surface area contributed by atoms with Crippen molar-refractivity contribution in [1.82, 2.24) is 19.9 Å². The average Bonchev–Trinajstić information content (AvgIpc) is 2.74. The summed E-state index contributed by atoms with van der Waals surface area (Å²) >= 11 is 0. The van der Waals surface area contributed by atoms with Gasteiger partial charge in [-0.25, -0.2) is 15.0 Å². The molecule has 0 fully saturated rings. The third-order valence-corrected chi connectivity index (χ3v) is 3.10. The maximum absolute atomic E-state index is 5.77. The Balaban J connectivity index is 2.08. The monoisotopic (exact) mass is 248 g/mol. The van der Waals surface area contributed by atoms with Crippen LogP contribution in [0.5, 0.6) is 0 Å². The van der Waals surface area contributed by atoms with Crippen molar-refractivity contribution in [2.75, 3.05) is 5.73 Å². The van der Waals surface area contributed by atoms with E-state index in [0.29, 0.717) is 17.4 Å². The minimum Gasteiger partial charge on any atom is -0.382 e. The summed E-state index contributed by atoms with van der Waals surface area (Å²) in [6.45, 7) is 4.17. The van der Waals surface area contributed by atoms with E-state index in [1.807, 2.05) is 6.92 Å². The fourth-order valence-electron chi connectivity index (χ4n) is 1.98. The van der Waals surface area contributed by atoms with Crippen LogP contribution >= 0.6 is 0 Å². The van der Waals surface area contributed by atoms with E-state index in [9.17, 15) is 0 Å². The summed E-state index contributed by atoms with van der Waals surface area (Å²) < 4.78 is 0. The minimum absolute atomic E-state index is 0.259. The first-order valence-electron chi connectivity index (χ1n) is 6.29. The molecule has 2 rings (SSSR count). The van der Waals surface area contributed by atoms with E-state index < -0.39 is 0 Å². The van der Waals surface area contributed by atoms with E-state index in [0.717, 1.165) is 30.6 Å². The van der Waals surface area contributed by atoms with Crippen molar-refractivity contribution in [3.05, 3.63) is 12.2 Å². The van der Waals surface area contributed by atoms with Crippen LogP contribution < -0.4 is 11.5 Å². The minimum atomic E-state index is 0.259. The second kappa shape index (κ2) is 5.30. The van der Waals surface area contributed by atoms with E-state index in [4.69, 9.17) is 11.5 Å². The number of nitrogens with zero attached hydrogens (tertiary/aromatic N) is 3. The molecule has 0 spiro atoms. The number of aromatic amines is 1. The van der Waals surface area contributed by atoms with Crippen LogP contribution in [-0.2, 0) is 0 Å². The highest BCUT2D eigenvalue weighted by atomic mass is 15.0. The fourth-order valence-corrected chi connectivity index (χ4v) is 1.98. The summed E-state index contributed by atoms with van der Waals surface area (Å²) in [4.78, 5) is 15.7. The molecule has 0 aliphatic carbocycles. The van der Waals surface area contributed by atoms with Crippen LogP contribution in [0.4, 0.5) is 5.82 Å². The molecule has 5 N–H and O–H groups in total. The normalized spacial score (nSPS) is 14.8. The van der Waals surface area contributed by atoms with Crippen molar-refractivity contribution in [2.24, 2.45) is 5.73 Å². The molecule has 2 atom stereocenters. The molecule has 2 aromatic rings. The molecule has 0 aliphatic rings. The Labute approximate surface area is 106 Å².